The third kappa shape index (κ3) is 6.53. The molecular formula is C22H22F3N5O4. The van der Waals surface area contributed by atoms with E-state index < -0.39 is 17.7 Å². The van der Waals surface area contributed by atoms with Gasteiger partial charge in [0.1, 0.15) is 6.10 Å². The number of alkyl halides is 3. The molecule has 0 spiro atoms. The molecule has 3 rings (SSSR count). The summed E-state index contributed by atoms with van der Waals surface area (Å²) in [7, 11) is 0. The van der Waals surface area contributed by atoms with Crippen LogP contribution >= 0.6 is 0 Å². The highest BCUT2D eigenvalue weighted by atomic mass is 19.4. The van der Waals surface area contributed by atoms with E-state index in [1.165, 1.54) is 12.4 Å². The number of amides is 1. The van der Waals surface area contributed by atoms with Gasteiger partial charge in [0, 0.05) is 18.3 Å². The first-order valence-corrected chi connectivity index (χ1v) is 10.4. The van der Waals surface area contributed by atoms with Gasteiger partial charge in [0.25, 0.3) is 11.9 Å². The van der Waals surface area contributed by atoms with Crippen molar-refractivity contribution in [3.8, 4) is 11.7 Å². The Morgan fingerprint density at radius 2 is 1.82 bits per heavy atom. The van der Waals surface area contributed by atoms with Gasteiger partial charge in [0.15, 0.2) is 5.75 Å². The van der Waals surface area contributed by atoms with Crippen molar-refractivity contribution in [1.82, 2.24) is 25.1 Å². The number of aliphatic carboxylic acids is 1. The molecule has 34 heavy (non-hydrogen) atoms. The largest absolute Gasteiger partial charge is 0.482 e. The first-order chi connectivity index (χ1) is 16.2. The number of carbonyl (C=O) groups excluding carboxylic acids is 1. The summed E-state index contributed by atoms with van der Waals surface area (Å²) < 4.78 is 45.2. The normalized spacial score (nSPS) is 12.2. The molecule has 0 bridgehead atoms. The van der Waals surface area contributed by atoms with E-state index in [0.717, 1.165) is 22.9 Å². The second-order valence-corrected chi connectivity index (χ2v) is 7.31. The van der Waals surface area contributed by atoms with Crippen LogP contribution in [0.4, 0.5) is 13.2 Å². The van der Waals surface area contributed by atoms with Crippen LogP contribution in [0, 0.1) is 0 Å². The molecule has 2 aromatic heterocycles. The van der Waals surface area contributed by atoms with E-state index in [2.05, 4.69) is 20.4 Å². The molecular weight excluding hydrogens is 455 g/mol. The van der Waals surface area contributed by atoms with Crippen LogP contribution in [0.5, 0.6) is 5.75 Å². The lowest BCUT2D eigenvalue weighted by Crippen LogP contribution is -2.26. The molecule has 2 N–H and O–H groups in total. The van der Waals surface area contributed by atoms with Crippen molar-refractivity contribution >= 4 is 11.9 Å². The molecule has 0 saturated heterocycles. The number of benzene rings is 1. The number of ether oxygens (including phenoxy) is 1. The van der Waals surface area contributed by atoms with Gasteiger partial charge in [-0.05, 0) is 24.1 Å². The van der Waals surface area contributed by atoms with Crippen LogP contribution in [0.2, 0.25) is 0 Å². The Bertz CT molecular complexity index is 1110. The molecule has 12 heteroatoms. The Morgan fingerprint density at radius 1 is 1.15 bits per heavy atom. The predicted molar refractivity (Wildman–Crippen MR) is 113 cm³/mol. The smallest absolute Gasteiger partial charge is 0.419 e. The average Bonchev–Trinajstić information content (AvgIpc) is 3.30. The number of halogens is 3. The lowest BCUT2D eigenvalue weighted by molar-refractivity contribution is -0.138. The Hall–Kier alpha value is -3.96. The zero-order valence-corrected chi connectivity index (χ0v) is 18.1. The second-order valence-electron chi connectivity index (χ2n) is 7.31. The summed E-state index contributed by atoms with van der Waals surface area (Å²) in [5, 5.41) is 14.8. The van der Waals surface area contributed by atoms with Crippen molar-refractivity contribution in [2.75, 3.05) is 6.54 Å². The van der Waals surface area contributed by atoms with Gasteiger partial charge < -0.3 is 15.2 Å². The maximum atomic E-state index is 12.8. The first-order valence-electron chi connectivity index (χ1n) is 10.4. The van der Waals surface area contributed by atoms with Gasteiger partial charge in [-0.1, -0.05) is 25.5 Å². The fraction of sp³-hybridized carbons (Fsp3) is 0.318. The maximum absolute atomic E-state index is 12.8. The number of carboxylic acid groups (broad SMARTS) is 1. The Kier molecular flexibility index (Phi) is 7.82. The Morgan fingerprint density at radius 3 is 2.38 bits per heavy atom. The van der Waals surface area contributed by atoms with Gasteiger partial charge in [-0.25, -0.2) is 14.6 Å². The summed E-state index contributed by atoms with van der Waals surface area (Å²) >= 11 is 0. The molecule has 1 aromatic carbocycles. The third-order valence-electron chi connectivity index (χ3n) is 4.73. The second kappa shape index (κ2) is 10.8. The SMILES string of the molecule is CCCC(Oc1cnc(-n2cc(C(F)(F)F)cn2)nc1)c1ccc(C(=O)NCCC(=O)O)cc1. The summed E-state index contributed by atoms with van der Waals surface area (Å²) in [5.41, 5.74) is 0.280. The molecule has 0 saturated carbocycles. The van der Waals surface area contributed by atoms with Gasteiger partial charge in [0.05, 0.1) is 30.6 Å². The van der Waals surface area contributed by atoms with Gasteiger partial charge in [-0.3, -0.25) is 9.59 Å². The van der Waals surface area contributed by atoms with Crippen molar-refractivity contribution in [3.05, 3.63) is 65.7 Å². The maximum Gasteiger partial charge on any atom is 0.419 e. The first kappa shape index (κ1) is 24.7. The van der Waals surface area contributed by atoms with Crippen LogP contribution in [0.1, 0.15) is 53.8 Å². The lowest BCUT2D eigenvalue weighted by Gasteiger charge is -2.19. The van der Waals surface area contributed by atoms with E-state index >= 15 is 0 Å². The minimum Gasteiger partial charge on any atom is -0.482 e. The van der Waals surface area contributed by atoms with Crippen LogP contribution in [0.3, 0.4) is 0 Å². The van der Waals surface area contributed by atoms with Crippen LogP contribution < -0.4 is 10.1 Å². The van der Waals surface area contributed by atoms with Crippen molar-refractivity contribution < 1.29 is 32.6 Å². The van der Waals surface area contributed by atoms with Gasteiger partial charge in [-0.2, -0.15) is 18.3 Å². The topological polar surface area (TPSA) is 119 Å². The van der Waals surface area contributed by atoms with E-state index in [-0.39, 0.29) is 30.9 Å². The van der Waals surface area contributed by atoms with Gasteiger partial charge >= 0.3 is 12.1 Å². The number of hydrogen-bond donors (Lipinski definition) is 2. The fourth-order valence-electron chi connectivity index (χ4n) is 3.02. The molecule has 1 amide bonds. The number of nitrogens with one attached hydrogen (secondary N) is 1. The average molecular weight is 477 g/mol. The van der Waals surface area contributed by atoms with Crippen molar-refractivity contribution in [1.29, 1.82) is 0 Å². The molecule has 9 nitrogen and oxygen atoms in total. The van der Waals surface area contributed by atoms with Gasteiger partial charge in [0.2, 0.25) is 0 Å². The van der Waals surface area contributed by atoms with E-state index in [1.54, 1.807) is 24.3 Å². The summed E-state index contributed by atoms with van der Waals surface area (Å²) in [6, 6.07) is 6.72. The highest BCUT2D eigenvalue weighted by Crippen LogP contribution is 2.29. The molecule has 0 aliphatic rings. The third-order valence-corrected chi connectivity index (χ3v) is 4.73. The Labute approximate surface area is 192 Å². The number of rotatable bonds is 10. The van der Waals surface area contributed by atoms with Gasteiger partial charge in [-0.15, -0.1) is 0 Å². The highest BCUT2D eigenvalue weighted by molar-refractivity contribution is 5.94. The van der Waals surface area contributed by atoms with Crippen LogP contribution in [-0.2, 0) is 11.0 Å². The van der Waals surface area contributed by atoms with Crippen molar-refractivity contribution in [3.63, 3.8) is 0 Å². The van der Waals surface area contributed by atoms with Crippen LogP contribution in [0.25, 0.3) is 5.95 Å². The minimum absolute atomic E-state index is 0.0313. The molecule has 1 unspecified atom stereocenters. The van der Waals surface area contributed by atoms with E-state index in [1.807, 2.05) is 6.92 Å². The van der Waals surface area contributed by atoms with Crippen LogP contribution in [0.15, 0.2) is 49.1 Å². The van der Waals surface area contributed by atoms with Crippen LogP contribution in [-0.4, -0.2) is 43.3 Å². The van der Waals surface area contributed by atoms with E-state index in [0.29, 0.717) is 23.9 Å². The monoisotopic (exact) mass is 477 g/mol. The number of carboxylic acids is 1. The van der Waals surface area contributed by atoms with E-state index in [9.17, 15) is 22.8 Å². The molecule has 180 valence electrons. The molecule has 1 atom stereocenters. The Balaban J connectivity index is 1.67. The molecule has 3 aromatic rings. The minimum atomic E-state index is -4.51. The zero-order valence-electron chi connectivity index (χ0n) is 18.1. The summed E-state index contributed by atoms with van der Waals surface area (Å²) in [4.78, 5) is 30.7. The summed E-state index contributed by atoms with van der Waals surface area (Å²) in [6.07, 6.45) is 0.605. The molecule has 0 aliphatic carbocycles. The molecule has 0 fully saturated rings. The van der Waals surface area contributed by atoms with Crippen molar-refractivity contribution in [2.45, 2.75) is 38.5 Å². The van der Waals surface area contributed by atoms with E-state index in [4.69, 9.17) is 9.84 Å². The zero-order chi connectivity index (χ0) is 24.7. The number of nitrogens with zero attached hydrogens (tertiary/aromatic N) is 4. The quantitative estimate of drug-likeness (QED) is 0.456. The fourth-order valence-corrected chi connectivity index (χ4v) is 3.02. The number of hydrogen-bond acceptors (Lipinski definition) is 6. The summed E-state index contributed by atoms with van der Waals surface area (Å²) in [5.74, 6) is -1.09. The predicted octanol–water partition coefficient (Wildman–Crippen LogP) is 3.81. The molecule has 0 aliphatic heterocycles. The summed E-state index contributed by atoms with van der Waals surface area (Å²) in [6.45, 7) is 2.01. The number of aromatic nitrogens is 4. The van der Waals surface area contributed by atoms with Crippen molar-refractivity contribution in [2.24, 2.45) is 0 Å². The molecule has 2 heterocycles. The highest BCUT2D eigenvalue weighted by Gasteiger charge is 2.32. The standard InChI is InChI=1S/C22H22F3N5O4/c1-2-3-18(14-4-6-15(7-5-14)20(33)26-9-8-19(31)32)34-17-11-27-21(28-12-17)30-13-16(10-29-30)22(23,24)25/h4-7,10-13,18H,2-3,8-9H2,1H3,(H,26,33)(H,31,32). The number of carbonyl (C=O) groups is 2. The lowest BCUT2D eigenvalue weighted by atomic mass is 10.0. The molecule has 0 radical (unpaired) electrons.